The van der Waals surface area contributed by atoms with Gasteiger partial charge in [0.2, 0.25) is 0 Å². The fourth-order valence-electron chi connectivity index (χ4n) is 0.884. The molecule has 0 saturated carbocycles. The fraction of sp³-hybridized carbons (Fsp3) is 0.286. The number of carbonyl (C=O) groups excluding carboxylic acids is 1. The molecule has 66 valence electrons. The van der Waals surface area contributed by atoms with E-state index in [0.717, 1.165) is 15.9 Å². The van der Waals surface area contributed by atoms with Crippen LogP contribution < -0.4 is 0 Å². The number of hydrogen-bond acceptors (Lipinski definition) is 3. The summed E-state index contributed by atoms with van der Waals surface area (Å²) >= 11 is 0. The lowest BCUT2D eigenvalue weighted by molar-refractivity contribution is 0.0590. The lowest BCUT2D eigenvalue weighted by Gasteiger charge is -1.98. The van der Waals surface area contributed by atoms with Crippen molar-refractivity contribution >= 4 is 27.6 Å². The number of methoxy groups -OCH3 is 1. The SMILES string of the molecule is COC(=O)c1cc(SCl)cn1C. The van der Waals surface area contributed by atoms with Crippen LogP contribution in [-0.2, 0) is 11.8 Å². The molecule has 0 spiro atoms. The van der Waals surface area contributed by atoms with Gasteiger partial charge in [0.25, 0.3) is 0 Å². The van der Waals surface area contributed by atoms with Crippen molar-refractivity contribution in [1.82, 2.24) is 4.57 Å². The van der Waals surface area contributed by atoms with Crippen molar-refractivity contribution in [3.8, 4) is 0 Å². The largest absolute Gasteiger partial charge is 0.464 e. The van der Waals surface area contributed by atoms with Gasteiger partial charge in [-0.1, -0.05) is 0 Å². The van der Waals surface area contributed by atoms with Gasteiger partial charge in [0.05, 0.1) is 7.11 Å². The van der Waals surface area contributed by atoms with Crippen LogP contribution in [0.15, 0.2) is 17.2 Å². The van der Waals surface area contributed by atoms with Crippen LogP contribution in [0.1, 0.15) is 10.5 Å². The Hall–Kier alpha value is -0.610. The van der Waals surface area contributed by atoms with Crippen LogP contribution in [-0.4, -0.2) is 17.6 Å². The standard InChI is InChI=1S/C7H8ClNO2S/c1-9-4-5(12-8)3-6(9)7(10)11-2/h3-4H,1-2H3. The van der Waals surface area contributed by atoms with E-state index in [1.54, 1.807) is 23.9 Å². The molecule has 0 fully saturated rings. The summed E-state index contributed by atoms with van der Waals surface area (Å²) in [4.78, 5) is 11.9. The number of nitrogens with zero attached hydrogens (tertiary/aromatic N) is 1. The number of aryl methyl sites for hydroxylation is 1. The van der Waals surface area contributed by atoms with E-state index in [4.69, 9.17) is 10.7 Å². The average Bonchev–Trinajstić information content (AvgIpc) is 2.45. The highest BCUT2D eigenvalue weighted by atomic mass is 35.7. The molecule has 0 bridgehead atoms. The first-order valence-electron chi connectivity index (χ1n) is 3.22. The maximum absolute atomic E-state index is 11.1. The van der Waals surface area contributed by atoms with E-state index in [0.29, 0.717) is 5.69 Å². The maximum Gasteiger partial charge on any atom is 0.354 e. The number of rotatable bonds is 2. The van der Waals surface area contributed by atoms with Gasteiger partial charge in [0, 0.05) is 18.1 Å². The Kier molecular flexibility index (Phi) is 3.05. The van der Waals surface area contributed by atoms with Crippen LogP contribution in [0.3, 0.4) is 0 Å². The fourth-order valence-corrected chi connectivity index (χ4v) is 1.49. The molecule has 0 radical (unpaired) electrons. The van der Waals surface area contributed by atoms with E-state index >= 15 is 0 Å². The molecular formula is C7H8ClNO2S. The molecule has 1 aromatic rings. The van der Waals surface area contributed by atoms with Crippen molar-refractivity contribution < 1.29 is 9.53 Å². The average molecular weight is 206 g/mol. The number of halogens is 1. The van der Waals surface area contributed by atoms with Gasteiger partial charge in [-0.15, -0.1) is 0 Å². The minimum absolute atomic E-state index is 0.352. The number of hydrogen-bond donors (Lipinski definition) is 0. The molecule has 1 heterocycles. The lowest BCUT2D eigenvalue weighted by Crippen LogP contribution is -2.06. The lowest BCUT2D eigenvalue weighted by atomic mass is 10.4. The first-order valence-corrected chi connectivity index (χ1v) is 4.86. The van der Waals surface area contributed by atoms with Crippen molar-refractivity contribution in [2.75, 3.05) is 7.11 Å². The van der Waals surface area contributed by atoms with Gasteiger partial charge >= 0.3 is 5.97 Å². The summed E-state index contributed by atoms with van der Waals surface area (Å²) in [6, 6.07) is 1.68. The Balaban J connectivity index is 2.99. The van der Waals surface area contributed by atoms with E-state index in [1.807, 2.05) is 0 Å². The van der Waals surface area contributed by atoms with Gasteiger partial charge in [0.1, 0.15) is 5.69 Å². The summed E-state index contributed by atoms with van der Waals surface area (Å²) < 4.78 is 6.24. The van der Waals surface area contributed by atoms with Gasteiger partial charge in [0.15, 0.2) is 0 Å². The molecule has 0 unspecified atom stereocenters. The Bertz CT molecular complexity index is 298. The molecule has 0 aliphatic heterocycles. The van der Waals surface area contributed by atoms with Crippen LogP contribution in [0, 0.1) is 0 Å². The zero-order valence-electron chi connectivity index (χ0n) is 6.70. The smallest absolute Gasteiger partial charge is 0.354 e. The second-order valence-electron chi connectivity index (χ2n) is 2.24. The Morgan fingerprint density at radius 3 is 2.83 bits per heavy atom. The minimum Gasteiger partial charge on any atom is -0.464 e. The summed E-state index contributed by atoms with van der Waals surface area (Å²) in [5, 5.41) is 0. The number of aromatic nitrogens is 1. The van der Waals surface area contributed by atoms with Crippen LogP contribution in [0.5, 0.6) is 0 Å². The third-order valence-electron chi connectivity index (χ3n) is 1.46. The van der Waals surface area contributed by atoms with Gasteiger partial charge in [-0.2, -0.15) is 0 Å². The molecule has 5 heteroatoms. The summed E-state index contributed by atoms with van der Waals surface area (Å²) in [7, 11) is 9.70. The predicted octanol–water partition coefficient (Wildman–Crippen LogP) is 2.06. The zero-order valence-corrected chi connectivity index (χ0v) is 8.28. The summed E-state index contributed by atoms with van der Waals surface area (Å²) in [6.45, 7) is 0. The predicted molar refractivity (Wildman–Crippen MR) is 48.5 cm³/mol. The highest BCUT2D eigenvalue weighted by Gasteiger charge is 2.11. The van der Waals surface area contributed by atoms with Crippen molar-refractivity contribution in [3.63, 3.8) is 0 Å². The van der Waals surface area contributed by atoms with Gasteiger partial charge in [-0.05, 0) is 27.7 Å². The Morgan fingerprint density at radius 1 is 1.75 bits per heavy atom. The molecule has 1 rings (SSSR count). The third kappa shape index (κ3) is 1.76. The summed E-state index contributed by atoms with van der Waals surface area (Å²) in [6.07, 6.45) is 1.77. The second-order valence-corrected chi connectivity index (χ2v) is 3.33. The van der Waals surface area contributed by atoms with E-state index in [-0.39, 0.29) is 5.97 Å². The van der Waals surface area contributed by atoms with E-state index in [1.165, 1.54) is 7.11 Å². The van der Waals surface area contributed by atoms with Crippen molar-refractivity contribution in [2.45, 2.75) is 4.90 Å². The molecule has 0 amide bonds. The summed E-state index contributed by atoms with van der Waals surface area (Å²) in [5.74, 6) is -0.352. The zero-order chi connectivity index (χ0) is 9.14. The monoisotopic (exact) mass is 205 g/mol. The normalized spacial score (nSPS) is 9.92. The second kappa shape index (κ2) is 3.87. The highest BCUT2D eigenvalue weighted by Crippen LogP contribution is 2.23. The number of carbonyl (C=O) groups is 1. The highest BCUT2D eigenvalue weighted by molar-refractivity contribution is 8.21. The Labute approximate surface area is 79.2 Å². The quantitative estimate of drug-likeness (QED) is 0.693. The maximum atomic E-state index is 11.1. The van der Waals surface area contributed by atoms with E-state index in [2.05, 4.69) is 4.74 Å². The van der Waals surface area contributed by atoms with Crippen LogP contribution in [0.25, 0.3) is 0 Å². The summed E-state index contributed by atoms with van der Waals surface area (Å²) in [5.41, 5.74) is 0.501. The van der Waals surface area contributed by atoms with Crippen molar-refractivity contribution in [1.29, 1.82) is 0 Å². The Morgan fingerprint density at radius 2 is 2.42 bits per heavy atom. The molecule has 3 nitrogen and oxygen atoms in total. The molecule has 1 aromatic heterocycles. The topological polar surface area (TPSA) is 31.2 Å². The number of esters is 1. The van der Waals surface area contributed by atoms with Gasteiger partial charge < -0.3 is 9.30 Å². The molecule has 0 aliphatic carbocycles. The van der Waals surface area contributed by atoms with Crippen molar-refractivity contribution in [3.05, 3.63) is 18.0 Å². The van der Waals surface area contributed by atoms with Crippen LogP contribution in [0.4, 0.5) is 0 Å². The van der Waals surface area contributed by atoms with E-state index in [9.17, 15) is 4.79 Å². The molecule has 0 saturated heterocycles. The van der Waals surface area contributed by atoms with Gasteiger partial charge in [-0.25, -0.2) is 4.79 Å². The molecule has 12 heavy (non-hydrogen) atoms. The van der Waals surface area contributed by atoms with E-state index < -0.39 is 0 Å². The van der Waals surface area contributed by atoms with Gasteiger partial charge in [-0.3, -0.25) is 0 Å². The molecule has 0 N–H and O–H groups in total. The molecular weight excluding hydrogens is 198 g/mol. The number of ether oxygens (including phenoxy) is 1. The first-order chi connectivity index (χ1) is 5.69. The minimum atomic E-state index is -0.352. The first kappa shape index (κ1) is 9.48. The molecule has 0 atom stereocenters. The van der Waals surface area contributed by atoms with Crippen LogP contribution >= 0.6 is 21.7 Å². The molecule has 0 aromatic carbocycles. The van der Waals surface area contributed by atoms with Crippen LogP contribution in [0.2, 0.25) is 0 Å². The van der Waals surface area contributed by atoms with Crippen molar-refractivity contribution in [2.24, 2.45) is 7.05 Å². The third-order valence-corrected chi connectivity index (χ3v) is 2.40. The molecule has 0 aliphatic rings.